The first-order chi connectivity index (χ1) is 8.04. The van der Waals surface area contributed by atoms with Crippen LogP contribution in [0.25, 0.3) is 0 Å². The Bertz CT molecular complexity index is 341. The van der Waals surface area contributed by atoms with Gasteiger partial charge in [0.2, 0.25) is 0 Å². The van der Waals surface area contributed by atoms with E-state index in [4.69, 9.17) is 17.3 Å². The van der Waals surface area contributed by atoms with Gasteiger partial charge in [-0.15, -0.1) is 0 Å². The molecule has 0 amide bonds. The molecule has 0 bridgehead atoms. The third-order valence-electron chi connectivity index (χ3n) is 2.91. The number of rotatable bonds is 6. The maximum Gasteiger partial charge on any atom is 0.0446 e. The second-order valence-electron chi connectivity index (χ2n) is 4.68. The Labute approximate surface area is 114 Å². The van der Waals surface area contributed by atoms with Gasteiger partial charge in [-0.05, 0) is 36.3 Å². The summed E-state index contributed by atoms with van der Waals surface area (Å²) < 4.78 is 0. The standard InChI is InChI=1S/C14H22ClNS/c1-4-10(2)9-17-14(11(3)16)12-6-5-7-13(15)8-12/h5-8,10-11,14H,4,9,16H2,1-3H3. The molecule has 0 saturated carbocycles. The van der Waals surface area contributed by atoms with Gasteiger partial charge >= 0.3 is 0 Å². The van der Waals surface area contributed by atoms with Crippen LogP contribution in [-0.4, -0.2) is 11.8 Å². The van der Waals surface area contributed by atoms with Gasteiger partial charge in [0.25, 0.3) is 0 Å². The first-order valence-corrected chi connectivity index (χ1v) is 7.60. The third-order valence-corrected chi connectivity index (χ3v) is 4.97. The van der Waals surface area contributed by atoms with Crippen LogP contribution in [0.5, 0.6) is 0 Å². The van der Waals surface area contributed by atoms with E-state index in [1.54, 1.807) is 0 Å². The summed E-state index contributed by atoms with van der Waals surface area (Å²) in [7, 11) is 0. The Hall–Kier alpha value is -0.180. The fourth-order valence-electron chi connectivity index (χ4n) is 1.62. The van der Waals surface area contributed by atoms with Gasteiger partial charge in [-0.2, -0.15) is 11.8 Å². The van der Waals surface area contributed by atoms with Crippen molar-refractivity contribution in [3.05, 3.63) is 34.9 Å². The van der Waals surface area contributed by atoms with E-state index in [1.165, 1.54) is 12.0 Å². The number of hydrogen-bond acceptors (Lipinski definition) is 2. The highest BCUT2D eigenvalue weighted by molar-refractivity contribution is 7.99. The van der Waals surface area contributed by atoms with E-state index in [1.807, 2.05) is 30.0 Å². The van der Waals surface area contributed by atoms with Gasteiger partial charge in [-0.3, -0.25) is 0 Å². The fraction of sp³-hybridized carbons (Fsp3) is 0.571. The minimum Gasteiger partial charge on any atom is -0.327 e. The second kappa shape index (κ2) is 7.30. The highest BCUT2D eigenvalue weighted by atomic mass is 35.5. The number of benzene rings is 1. The lowest BCUT2D eigenvalue weighted by molar-refractivity contribution is 0.631. The molecule has 3 atom stereocenters. The van der Waals surface area contributed by atoms with Gasteiger partial charge in [0.1, 0.15) is 0 Å². The van der Waals surface area contributed by atoms with Crippen molar-refractivity contribution in [1.29, 1.82) is 0 Å². The number of hydrogen-bond donors (Lipinski definition) is 1. The monoisotopic (exact) mass is 271 g/mol. The normalized spacial score (nSPS) is 16.5. The Kier molecular flexibility index (Phi) is 6.39. The molecule has 0 heterocycles. The predicted octanol–water partition coefficient (Wildman–Crippen LogP) is 4.51. The quantitative estimate of drug-likeness (QED) is 0.824. The molecule has 0 fully saturated rings. The highest BCUT2D eigenvalue weighted by Gasteiger charge is 2.17. The Morgan fingerprint density at radius 1 is 1.35 bits per heavy atom. The zero-order valence-electron chi connectivity index (χ0n) is 10.8. The lowest BCUT2D eigenvalue weighted by atomic mass is 10.1. The largest absolute Gasteiger partial charge is 0.327 e. The Morgan fingerprint density at radius 2 is 2.06 bits per heavy atom. The summed E-state index contributed by atoms with van der Waals surface area (Å²) in [4.78, 5) is 0. The Morgan fingerprint density at radius 3 is 2.59 bits per heavy atom. The lowest BCUT2D eigenvalue weighted by Crippen LogP contribution is -2.23. The summed E-state index contributed by atoms with van der Waals surface area (Å²) in [6.07, 6.45) is 1.22. The molecule has 0 spiro atoms. The fourth-order valence-corrected chi connectivity index (χ4v) is 3.23. The molecule has 0 aliphatic heterocycles. The van der Waals surface area contributed by atoms with E-state index < -0.39 is 0 Å². The molecule has 3 heteroatoms. The van der Waals surface area contributed by atoms with Crippen LogP contribution in [0, 0.1) is 5.92 Å². The summed E-state index contributed by atoms with van der Waals surface area (Å²) >= 11 is 7.97. The molecular weight excluding hydrogens is 250 g/mol. The smallest absolute Gasteiger partial charge is 0.0446 e. The maximum atomic E-state index is 6.08. The van der Waals surface area contributed by atoms with Crippen LogP contribution in [-0.2, 0) is 0 Å². The van der Waals surface area contributed by atoms with Crippen LogP contribution in [0.2, 0.25) is 5.02 Å². The molecule has 3 unspecified atom stereocenters. The summed E-state index contributed by atoms with van der Waals surface area (Å²) in [5.41, 5.74) is 7.32. The summed E-state index contributed by atoms with van der Waals surface area (Å²) in [6, 6.07) is 8.19. The molecule has 0 saturated heterocycles. The average molecular weight is 272 g/mol. The van der Waals surface area contributed by atoms with E-state index in [0.717, 1.165) is 16.7 Å². The molecule has 1 aromatic carbocycles. The molecule has 0 aliphatic rings. The molecule has 0 radical (unpaired) electrons. The van der Waals surface area contributed by atoms with Crippen molar-refractivity contribution in [3.63, 3.8) is 0 Å². The average Bonchev–Trinajstić information content (AvgIpc) is 2.28. The van der Waals surface area contributed by atoms with Crippen molar-refractivity contribution in [2.45, 2.75) is 38.5 Å². The van der Waals surface area contributed by atoms with Gasteiger partial charge < -0.3 is 5.73 Å². The minimum absolute atomic E-state index is 0.141. The number of halogens is 1. The van der Waals surface area contributed by atoms with Gasteiger partial charge in [-0.1, -0.05) is 44.0 Å². The first-order valence-electron chi connectivity index (χ1n) is 6.17. The van der Waals surface area contributed by atoms with Gasteiger partial charge in [-0.25, -0.2) is 0 Å². The van der Waals surface area contributed by atoms with Crippen molar-refractivity contribution in [3.8, 4) is 0 Å². The van der Waals surface area contributed by atoms with Gasteiger partial charge in [0.15, 0.2) is 0 Å². The van der Waals surface area contributed by atoms with E-state index in [9.17, 15) is 0 Å². The van der Waals surface area contributed by atoms with Crippen LogP contribution in [0.1, 0.15) is 38.0 Å². The zero-order valence-corrected chi connectivity index (χ0v) is 12.4. The van der Waals surface area contributed by atoms with Crippen LogP contribution >= 0.6 is 23.4 Å². The number of nitrogens with two attached hydrogens (primary N) is 1. The molecule has 17 heavy (non-hydrogen) atoms. The van der Waals surface area contributed by atoms with Crippen molar-refractivity contribution in [2.24, 2.45) is 11.7 Å². The molecule has 0 aromatic heterocycles. The molecule has 96 valence electrons. The summed E-state index contributed by atoms with van der Waals surface area (Å²) in [5.74, 6) is 1.88. The van der Waals surface area contributed by atoms with Crippen molar-refractivity contribution >= 4 is 23.4 Å². The van der Waals surface area contributed by atoms with Crippen molar-refractivity contribution in [2.75, 3.05) is 5.75 Å². The number of thioether (sulfide) groups is 1. The van der Waals surface area contributed by atoms with Crippen molar-refractivity contribution in [1.82, 2.24) is 0 Å². The van der Waals surface area contributed by atoms with Crippen LogP contribution in [0.3, 0.4) is 0 Å². The molecule has 1 rings (SSSR count). The van der Waals surface area contributed by atoms with Crippen LogP contribution in [0.15, 0.2) is 24.3 Å². The molecule has 1 aromatic rings. The van der Waals surface area contributed by atoms with E-state index in [2.05, 4.69) is 26.8 Å². The highest BCUT2D eigenvalue weighted by Crippen LogP contribution is 2.34. The minimum atomic E-state index is 0.141. The van der Waals surface area contributed by atoms with E-state index in [-0.39, 0.29) is 6.04 Å². The predicted molar refractivity (Wildman–Crippen MR) is 79.8 cm³/mol. The van der Waals surface area contributed by atoms with Gasteiger partial charge in [0.05, 0.1) is 0 Å². The topological polar surface area (TPSA) is 26.0 Å². The second-order valence-corrected chi connectivity index (χ2v) is 6.29. The van der Waals surface area contributed by atoms with Crippen LogP contribution < -0.4 is 5.73 Å². The van der Waals surface area contributed by atoms with E-state index >= 15 is 0 Å². The summed E-state index contributed by atoms with van der Waals surface area (Å²) in [6.45, 7) is 6.57. The molecule has 2 N–H and O–H groups in total. The maximum absolute atomic E-state index is 6.08. The van der Waals surface area contributed by atoms with Crippen molar-refractivity contribution < 1.29 is 0 Å². The third kappa shape index (κ3) is 4.90. The zero-order chi connectivity index (χ0) is 12.8. The molecule has 0 aliphatic carbocycles. The summed E-state index contributed by atoms with van der Waals surface area (Å²) in [5, 5.41) is 1.12. The molecule has 1 nitrogen and oxygen atoms in total. The van der Waals surface area contributed by atoms with Crippen LogP contribution in [0.4, 0.5) is 0 Å². The Balaban J connectivity index is 2.72. The first kappa shape index (κ1) is 14.9. The lowest BCUT2D eigenvalue weighted by Gasteiger charge is -2.22. The molecular formula is C14H22ClNS. The van der Waals surface area contributed by atoms with E-state index in [0.29, 0.717) is 5.25 Å². The SMILES string of the molecule is CCC(C)CSC(c1cccc(Cl)c1)C(C)N. The van der Waals surface area contributed by atoms with Gasteiger partial charge in [0, 0.05) is 16.3 Å².